The standard InChI is InChI=1S/C2H4FNS/c1-2(5)4-3/h1H3,(H,4,5). The zero-order chi connectivity index (χ0) is 4.28. The predicted octanol–water partition coefficient (Wildman–Crippen LogP) is 0.808. The van der Waals surface area contributed by atoms with Crippen molar-refractivity contribution in [2.75, 3.05) is 0 Å². The van der Waals surface area contributed by atoms with E-state index in [1.165, 1.54) is 12.5 Å². The van der Waals surface area contributed by atoms with Crippen LogP contribution in [0.25, 0.3) is 0 Å². The van der Waals surface area contributed by atoms with Crippen LogP contribution in [0.1, 0.15) is 6.92 Å². The average molecular weight is 93.1 g/mol. The van der Waals surface area contributed by atoms with Crippen LogP contribution < -0.4 is 5.54 Å². The molecule has 30 valence electrons. The molecule has 0 aliphatic rings. The second-order valence-corrected chi connectivity index (χ2v) is 1.26. The van der Waals surface area contributed by atoms with E-state index in [1.807, 2.05) is 0 Å². The lowest BCUT2D eigenvalue weighted by molar-refractivity contribution is 0.436. The maximum absolute atomic E-state index is 10.7. The molecule has 0 rings (SSSR count). The van der Waals surface area contributed by atoms with Crippen molar-refractivity contribution in [3.63, 3.8) is 0 Å². The van der Waals surface area contributed by atoms with Crippen molar-refractivity contribution in [3.05, 3.63) is 0 Å². The molecule has 3 heteroatoms. The molecule has 0 fully saturated rings. The molecular weight excluding hydrogens is 89.1 g/mol. The van der Waals surface area contributed by atoms with Gasteiger partial charge in [-0.15, -0.1) is 4.48 Å². The highest BCUT2D eigenvalue weighted by Gasteiger charge is 1.70. The van der Waals surface area contributed by atoms with Crippen molar-refractivity contribution in [1.29, 1.82) is 0 Å². The quantitative estimate of drug-likeness (QED) is 0.351. The van der Waals surface area contributed by atoms with E-state index in [4.69, 9.17) is 0 Å². The Balaban J connectivity index is 2.85. The Kier molecular flexibility index (Phi) is 2.01. The second kappa shape index (κ2) is 2.08. The smallest absolute Gasteiger partial charge is 0.102 e. The zero-order valence-electron chi connectivity index (χ0n) is 2.79. The fourth-order valence-corrected chi connectivity index (χ4v) is 0. The molecule has 0 heterocycles. The van der Waals surface area contributed by atoms with E-state index in [0.717, 1.165) is 0 Å². The molecule has 0 saturated heterocycles. The van der Waals surface area contributed by atoms with Gasteiger partial charge >= 0.3 is 0 Å². The lowest BCUT2D eigenvalue weighted by atomic mass is 10.8. The molecule has 0 amide bonds. The first-order chi connectivity index (χ1) is 2.27. The van der Waals surface area contributed by atoms with Gasteiger partial charge in [0, 0.05) is 0 Å². The summed E-state index contributed by atoms with van der Waals surface area (Å²) in [5.41, 5.74) is 1.26. The second-order valence-electron chi connectivity index (χ2n) is 0.651. The Bertz CT molecular complexity index is 44.9. The topological polar surface area (TPSA) is 12.0 Å². The van der Waals surface area contributed by atoms with Crippen LogP contribution in [0, 0.1) is 0 Å². The summed E-state index contributed by atoms with van der Waals surface area (Å²) >= 11 is 4.21. The highest BCUT2D eigenvalue weighted by Crippen LogP contribution is 1.61. The van der Waals surface area contributed by atoms with Gasteiger partial charge in [-0.2, -0.15) is 0 Å². The molecular formula is C2H4FNS. The predicted molar refractivity (Wildman–Crippen MR) is 22.5 cm³/mol. The molecule has 0 spiro atoms. The van der Waals surface area contributed by atoms with E-state index in [-0.39, 0.29) is 4.99 Å². The Morgan fingerprint density at radius 3 is 2.20 bits per heavy atom. The van der Waals surface area contributed by atoms with Crippen LogP contribution in [0.3, 0.4) is 0 Å². The number of halogens is 1. The number of nitrogens with one attached hydrogen (secondary N) is 1. The third-order valence-corrected chi connectivity index (χ3v) is 0.210. The summed E-state index contributed by atoms with van der Waals surface area (Å²) in [7, 11) is 0. The summed E-state index contributed by atoms with van der Waals surface area (Å²) in [6.45, 7) is 1.47. The normalized spacial score (nSPS) is 6.80. The van der Waals surface area contributed by atoms with Crippen molar-refractivity contribution in [3.8, 4) is 0 Å². The minimum Gasteiger partial charge on any atom is -0.218 e. The fraction of sp³-hybridized carbons (Fsp3) is 0.500. The van der Waals surface area contributed by atoms with Crippen molar-refractivity contribution in [1.82, 2.24) is 5.54 Å². The molecule has 0 saturated carbocycles. The average Bonchev–Trinajstić information content (AvgIpc) is 1.38. The Hall–Kier alpha value is -0.180. The van der Waals surface area contributed by atoms with E-state index in [1.54, 1.807) is 0 Å². The molecule has 0 bridgehead atoms. The summed E-state index contributed by atoms with van der Waals surface area (Å²) in [6.07, 6.45) is 0. The maximum Gasteiger partial charge on any atom is 0.102 e. The molecule has 1 nitrogen and oxygen atoms in total. The SMILES string of the molecule is CC(=S)NF. The molecule has 0 unspecified atom stereocenters. The monoisotopic (exact) mass is 93.0 g/mol. The van der Waals surface area contributed by atoms with E-state index in [0.29, 0.717) is 0 Å². The molecule has 0 aliphatic carbocycles. The van der Waals surface area contributed by atoms with Crippen LogP contribution in [0.2, 0.25) is 0 Å². The largest absolute Gasteiger partial charge is 0.218 e. The lowest BCUT2D eigenvalue weighted by Crippen LogP contribution is -2.03. The number of hydrogen-bond donors (Lipinski definition) is 1. The van der Waals surface area contributed by atoms with Crippen molar-refractivity contribution in [2.24, 2.45) is 0 Å². The Morgan fingerprint density at radius 1 is 2.00 bits per heavy atom. The van der Waals surface area contributed by atoms with E-state index >= 15 is 0 Å². The van der Waals surface area contributed by atoms with Crippen LogP contribution >= 0.6 is 12.2 Å². The molecule has 1 N–H and O–H groups in total. The highest BCUT2D eigenvalue weighted by atomic mass is 32.1. The third kappa shape index (κ3) is 3.82. The van der Waals surface area contributed by atoms with Crippen LogP contribution in [0.4, 0.5) is 4.48 Å². The van der Waals surface area contributed by atoms with E-state index in [2.05, 4.69) is 12.2 Å². The number of rotatable bonds is 0. The minimum atomic E-state index is 0.171. The van der Waals surface area contributed by atoms with E-state index < -0.39 is 0 Å². The van der Waals surface area contributed by atoms with Crippen molar-refractivity contribution < 1.29 is 4.48 Å². The summed E-state index contributed by atoms with van der Waals surface area (Å²) in [6, 6.07) is 0. The van der Waals surface area contributed by atoms with Crippen molar-refractivity contribution >= 4 is 17.2 Å². The highest BCUT2D eigenvalue weighted by molar-refractivity contribution is 7.80. The minimum absolute atomic E-state index is 0.171. The van der Waals surface area contributed by atoms with Gasteiger partial charge in [0.2, 0.25) is 0 Å². The van der Waals surface area contributed by atoms with Gasteiger partial charge in [-0.3, -0.25) is 0 Å². The fourth-order valence-electron chi connectivity index (χ4n) is 0. The van der Waals surface area contributed by atoms with Crippen molar-refractivity contribution in [2.45, 2.75) is 6.92 Å². The summed E-state index contributed by atoms with van der Waals surface area (Å²) in [5.74, 6) is 0. The van der Waals surface area contributed by atoms with Crippen LogP contribution in [0.5, 0.6) is 0 Å². The summed E-state index contributed by atoms with van der Waals surface area (Å²) in [5, 5.41) is 0. The summed E-state index contributed by atoms with van der Waals surface area (Å²) in [4.78, 5) is 0.171. The third-order valence-electron chi connectivity index (χ3n) is 0.133. The molecule has 0 radical (unpaired) electrons. The molecule has 5 heavy (non-hydrogen) atoms. The van der Waals surface area contributed by atoms with Crippen LogP contribution in [-0.4, -0.2) is 4.99 Å². The molecule has 0 atom stereocenters. The number of thiocarbonyl (C=S) groups is 1. The van der Waals surface area contributed by atoms with Gasteiger partial charge in [0.15, 0.2) is 0 Å². The Labute approximate surface area is 35.1 Å². The van der Waals surface area contributed by atoms with Gasteiger partial charge < -0.3 is 0 Å². The Morgan fingerprint density at radius 2 is 2.20 bits per heavy atom. The molecule has 0 aromatic heterocycles. The maximum atomic E-state index is 10.7. The molecule has 0 aromatic carbocycles. The van der Waals surface area contributed by atoms with Gasteiger partial charge in [0.05, 0.1) is 0 Å². The van der Waals surface area contributed by atoms with Gasteiger partial charge in [-0.25, -0.2) is 5.54 Å². The van der Waals surface area contributed by atoms with Crippen LogP contribution in [-0.2, 0) is 0 Å². The van der Waals surface area contributed by atoms with E-state index in [9.17, 15) is 4.48 Å². The molecule has 0 aromatic rings. The number of hydrogen-bond acceptors (Lipinski definition) is 1. The van der Waals surface area contributed by atoms with Gasteiger partial charge in [-0.1, -0.05) is 12.2 Å². The van der Waals surface area contributed by atoms with Gasteiger partial charge in [0.25, 0.3) is 0 Å². The van der Waals surface area contributed by atoms with Gasteiger partial charge in [0.1, 0.15) is 4.99 Å². The van der Waals surface area contributed by atoms with Gasteiger partial charge in [-0.05, 0) is 6.92 Å². The zero-order valence-corrected chi connectivity index (χ0v) is 3.60. The molecule has 0 aliphatic heterocycles. The summed E-state index contributed by atoms with van der Waals surface area (Å²) < 4.78 is 10.7. The first-order valence-corrected chi connectivity index (χ1v) is 1.55. The first-order valence-electron chi connectivity index (χ1n) is 1.14. The lowest BCUT2D eigenvalue weighted by Gasteiger charge is -1.78. The van der Waals surface area contributed by atoms with Crippen LogP contribution in [0.15, 0.2) is 0 Å². The first kappa shape index (κ1) is 4.82.